The van der Waals surface area contributed by atoms with Crippen LogP contribution in [0.4, 0.5) is 13.2 Å². The Kier molecular flexibility index (Phi) is 5.95. The molecule has 10 heteroatoms. The summed E-state index contributed by atoms with van der Waals surface area (Å²) in [5.74, 6) is 0.988. The summed E-state index contributed by atoms with van der Waals surface area (Å²) < 4.78 is 39.8. The molecule has 0 atom stereocenters. The molecule has 1 aromatic heterocycles. The molecule has 146 valence electrons. The number of likely N-dealkylation sites (tertiary alicyclic amines) is 1. The lowest BCUT2D eigenvalue weighted by molar-refractivity contribution is -0.0328. The van der Waals surface area contributed by atoms with Crippen LogP contribution in [0, 0.1) is 4.77 Å². The predicted molar refractivity (Wildman–Crippen MR) is 99.3 cm³/mol. The summed E-state index contributed by atoms with van der Waals surface area (Å²) in [7, 11) is 0. The predicted octanol–water partition coefficient (Wildman–Crippen LogP) is 4.59. The first-order chi connectivity index (χ1) is 12.8. The van der Waals surface area contributed by atoms with Crippen molar-refractivity contribution in [2.24, 2.45) is 0 Å². The molecule has 3 rings (SSSR count). The molecule has 0 spiro atoms. The fourth-order valence-electron chi connectivity index (χ4n) is 3.27. The number of halogens is 3. The van der Waals surface area contributed by atoms with Crippen molar-refractivity contribution in [1.29, 1.82) is 0 Å². The van der Waals surface area contributed by atoms with E-state index in [0.717, 1.165) is 25.2 Å². The Hall–Kier alpha value is -1.81. The third kappa shape index (κ3) is 4.73. The van der Waals surface area contributed by atoms with Crippen LogP contribution >= 0.6 is 24.0 Å². The van der Waals surface area contributed by atoms with Crippen molar-refractivity contribution >= 4 is 29.9 Å². The van der Waals surface area contributed by atoms with E-state index >= 15 is 0 Å². The monoisotopic (exact) mass is 416 g/mol. The standard InChI is InChI=1S/C17H19F3N4OS2/c1-2-24-14(21-22-16(24)26)11-7-9-23(10-8-11)15(25)12-3-5-13(6-4-12)27-17(18,19)20/h3-6,11H,2,7-10H2,1H3,(H,22,26). The number of thioether (sulfide) groups is 1. The first-order valence-electron chi connectivity index (χ1n) is 8.58. The van der Waals surface area contributed by atoms with Crippen LogP contribution in [-0.4, -0.2) is 44.2 Å². The van der Waals surface area contributed by atoms with Crippen LogP contribution in [0.3, 0.4) is 0 Å². The molecule has 0 saturated carbocycles. The number of piperidine rings is 1. The molecule has 1 aliphatic rings. The van der Waals surface area contributed by atoms with Gasteiger partial charge >= 0.3 is 5.51 Å². The lowest BCUT2D eigenvalue weighted by Crippen LogP contribution is -2.38. The lowest BCUT2D eigenvalue weighted by atomic mass is 9.95. The van der Waals surface area contributed by atoms with Crippen LogP contribution in [0.2, 0.25) is 0 Å². The molecule has 1 aliphatic heterocycles. The maximum atomic E-state index is 12.6. The normalized spacial score (nSPS) is 15.9. The highest BCUT2D eigenvalue weighted by Crippen LogP contribution is 2.36. The number of rotatable bonds is 4. The van der Waals surface area contributed by atoms with Gasteiger partial charge in [-0.15, -0.1) is 0 Å². The van der Waals surface area contributed by atoms with E-state index in [1.807, 2.05) is 11.5 Å². The minimum Gasteiger partial charge on any atom is -0.339 e. The van der Waals surface area contributed by atoms with Crippen LogP contribution < -0.4 is 0 Å². The second-order valence-electron chi connectivity index (χ2n) is 6.27. The minimum absolute atomic E-state index is 0.0696. The Morgan fingerprint density at radius 1 is 1.30 bits per heavy atom. The highest BCUT2D eigenvalue weighted by Gasteiger charge is 2.30. The molecule has 0 bridgehead atoms. The number of hydrogen-bond donors (Lipinski definition) is 1. The summed E-state index contributed by atoms with van der Waals surface area (Å²) in [5, 5.41) is 7.15. The molecule has 2 aromatic rings. The van der Waals surface area contributed by atoms with Gasteiger partial charge in [0.05, 0.1) is 0 Å². The topological polar surface area (TPSA) is 53.9 Å². The molecule has 1 amide bonds. The number of aromatic amines is 1. The van der Waals surface area contributed by atoms with Crippen LogP contribution in [0.5, 0.6) is 0 Å². The number of aromatic nitrogens is 3. The summed E-state index contributed by atoms with van der Waals surface area (Å²) in [6, 6.07) is 5.56. The summed E-state index contributed by atoms with van der Waals surface area (Å²) >= 11 is 5.04. The maximum absolute atomic E-state index is 12.6. The van der Waals surface area contributed by atoms with E-state index in [-0.39, 0.29) is 28.5 Å². The van der Waals surface area contributed by atoms with Gasteiger partial charge in [0.25, 0.3) is 5.91 Å². The number of hydrogen-bond acceptors (Lipinski definition) is 4. The molecule has 0 unspecified atom stereocenters. The molecule has 1 saturated heterocycles. The molecule has 0 radical (unpaired) electrons. The van der Waals surface area contributed by atoms with Gasteiger partial charge in [0.15, 0.2) is 4.77 Å². The molecular weight excluding hydrogens is 397 g/mol. The quantitative estimate of drug-likeness (QED) is 0.585. The second kappa shape index (κ2) is 8.05. The van der Waals surface area contributed by atoms with Crippen molar-refractivity contribution < 1.29 is 18.0 Å². The Balaban J connectivity index is 1.62. The average Bonchev–Trinajstić information content (AvgIpc) is 3.01. The van der Waals surface area contributed by atoms with Crippen molar-refractivity contribution in [1.82, 2.24) is 19.7 Å². The van der Waals surface area contributed by atoms with Gasteiger partial charge in [-0.1, -0.05) is 0 Å². The second-order valence-corrected chi connectivity index (χ2v) is 7.80. The Morgan fingerprint density at radius 2 is 1.93 bits per heavy atom. The third-order valence-corrected chi connectivity index (χ3v) is 5.64. The van der Waals surface area contributed by atoms with Crippen molar-refractivity contribution in [2.75, 3.05) is 13.1 Å². The highest BCUT2D eigenvalue weighted by atomic mass is 32.2. The zero-order valence-corrected chi connectivity index (χ0v) is 16.3. The van der Waals surface area contributed by atoms with Gasteiger partial charge in [-0.3, -0.25) is 9.89 Å². The Morgan fingerprint density at radius 3 is 2.48 bits per heavy atom. The van der Waals surface area contributed by atoms with Crippen LogP contribution in [0.15, 0.2) is 29.2 Å². The molecule has 0 aliphatic carbocycles. The van der Waals surface area contributed by atoms with Gasteiger partial charge in [-0.05, 0) is 68.0 Å². The number of alkyl halides is 3. The summed E-state index contributed by atoms with van der Waals surface area (Å²) in [4.78, 5) is 14.4. The zero-order chi connectivity index (χ0) is 19.6. The number of nitrogens with one attached hydrogen (secondary N) is 1. The number of carbonyl (C=O) groups excluding carboxylic acids is 1. The van der Waals surface area contributed by atoms with E-state index in [2.05, 4.69) is 10.2 Å². The van der Waals surface area contributed by atoms with Crippen molar-refractivity contribution in [3.8, 4) is 0 Å². The van der Waals surface area contributed by atoms with Gasteiger partial charge in [-0.2, -0.15) is 18.3 Å². The van der Waals surface area contributed by atoms with Crippen molar-refractivity contribution in [3.63, 3.8) is 0 Å². The van der Waals surface area contributed by atoms with Crippen LogP contribution in [0.1, 0.15) is 41.9 Å². The number of carbonyl (C=O) groups is 1. The zero-order valence-electron chi connectivity index (χ0n) is 14.6. The molecule has 1 aromatic carbocycles. The fraction of sp³-hybridized carbons (Fsp3) is 0.471. The highest BCUT2D eigenvalue weighted by molar-refractivity contribution is 8.00. The third-order valence-electron chi connectivity index (χ3n) is 4.59. The molecule has 1 N–H and O–H groups in total. The maximum Gasteiger partial charge on any atom is 0.446 e. The molecule has 27 heavy (non-hydrogen) atoms. The summed E-state index contributed by atoms with van der Waals surface area (Å²) in [6.07, 6.45) is 1.54. The lowest BCUT2D eigenvalue weighted by Gasteiger charge is -2.31. The van der Waals surface area contributed by atoms with E-state index < -0.39 is 5.51 Å². The number of nitrogens with zero attached hydrogens (tertiary/aromatic N) is 3. The van der Waals surface area contributed by atoms with Crippen molar-refractivity contribution in [2.45, 2.75) is 42.6 Å². The minimum atomic E-state index is -4.33. The van der Waals surface area contributed by atoms with Gasteiger partial charge in [-0.25, -0.2) is 0 Å². The Bertz CT molecular complexity index is 852. The van der Waals surface area contributed by atoms with Crippen LogP contribution in [-0.2, 0) is 6.54 Å². The summed E-state index contributed by atoms with van der Waals surface area (Å²) in [5.41, 5.74) is -3.93. The first-order valence-corrected chi connectivity index (χ1v) is 9.81. The van der Waals surface area contributed by atoms with Gasteiger partial charge in [0.1, 0.15) is 5.82 Å². The van der Waals surface area contributed by atoms with Gasteiger partial charge in [0.2, 0.25) is 0 Å². The molecule has 1 fully saturated rings. The summed E-state index contributed by atoms with van der Waals surface area (Å²) in [6.45, 7) is 3.90. The van der Waals surface area contributed by atoms with Crippen molar-refractivity contribution in [3.05, 3.63) is 40.4 Å². The van der Waals surface area contributed by atoms with Crippen LogP contribution in [0.25, 0.3) is 0 Å². The number of benzene rings is 1. The molecule has 5 nitrogen and oxygen atoms in total. The Labute approximate surface area is 163 Å². The van der Waals surface area contributed by atoms with E-state index in [0.29, 0.717) is 23.4 Å². The van der Waals surface area contributed by atoms with E-state index in [1.165, 1.54) is 24.3 Å². The SMILES string of the molecule is CCn1c(C2CCN(C(=O)c3ccc(SC(F)(F)F)cc3)CC2)n[nH]c1=S. The van der Waals surface area contributed by atoms with E-state index in [9.17, 15) is 18.0 Å². The van der Waals surface area contributed by atoms with Gasteiger partial charge < -0.3 is 9.47 Å². The molecular formula is C17H19F3N4OS2. The fourth-order valence-corrected chi connectivity index (χ4v) is 4.08. The number of H-pyrrole nitrogens is 1. The number of amides is 1. The average molecular weight is 416 g/mol. The van der Waals surface area contributed by atoms with Gasteiger partial charge in [0, 0.05) is 36.0 Å². The van der Waals surface area contributed by atoms with E-state index in [1.54, 1.807) is 4.90 Å². The first kappa shape index (κ1) is 19.9. The largest absolute Gasteiger partial charge is 0.446 e. The van der Waals surface area contributed by atoms with E-state index in [4.69, 9.17) is 12.2 Å². The molecule has 2 heterocycles. The smallest absolute Gasteiger partial charge is 0.339 e.